The van der Waals surface area contributed by atoms with Gasteiger partial charge in [0.15, 0.2) is 0 Å². The number of thioether (sulfide) groups is 1. The molecule has 76 valence electrons. The number of carbonyl (C=O) groups excluding carboxylic acids is 2. The van der Waals surface area contributed by atoms with Crippen LogP contribution in [0.4, 0.5) is 4.79 Å². The molecular formula is C8H15NO3S. The highest BCUT2D eigenvalue weighted by atomic mass is 32.2. The van der Waals surface area contributed by atoms with Gasteiger partial charge in [0, 0.05) is 14.1 Å². The number of ether oxygens (including phenoxy) is 1. The molecule has 4 nitrogen and oxygen atoms in total. The van der Waals surface area contributed by atoms with Crippen molar-refractivity contribution in [2.75, 3.05) is 20.7 Å². The summed E-state index contributed by atoms with van der Waals surface area (Å²) in [7, 11) is 3.29. The molecule has 0 saturated heterocycles. The first-order valence-electron chi connectivity index (χ1n) is 4.03. The Balaban J connectivity index is 3.92. The van der Waals surface area contributed by atoms with Crippen LogP contribution in [0, 0.1) is 0 Å². The number of esters is 1. The van der Waals surface area contributed by atoms with E-state index in [1.54, 1.807) is 27.9 Å². The van der Waals surface area contributed by atoms with Gasteiger partial charge in [-0.2, -0.15) is 0 Å². The summed E-state index contributed by atoms with van der Waals surface area (Å²) in [6.45, 7) is 3.74. The molecular weight excluding hydrogens is 190 g/mol. The van der Waals surface area contributed by atoms with Crippen molar-refractivity contribution >= 4 is 23.0 Å². The Morgan fingerprint density at radius 1 is 1.46 bits per heavy atom. The quantitative estimate of drug-likeness (QED) is 0.652. The molecule has 1 amide bonds. The number of amides is 1. The third-order valence-corrected chi connectivity index (χ3v) is 2.37. The Kier molecular flexibility index (Phi) is 5.53. The van der Waals surface area contributed by atoms with E-state index >= 15 is 0 Å². The molecule has 0 spiro atoms. The second-order valence-electron chi connectivity index (χ2n) is 2.67. The van der Waals surface area contributed by atoms with E-state index in [4.69, 9.17) is 4.74 Å². The van der Waals surface area contributed by atoms with Gasteiger partial charge < -0.3 is 9.64 Å². The monoisotopic (exact) mass is 205 g/mol. The van der Waals surface area contributed by atoms with Crippen LogP contribution >= 0.6 is 11.8 Å². The summed E-state index contributed by atoms with van der Waals surface area (Å²) in [4.78, 5) is 23.7. The molecule has 0 aromatic heterocycles. The van der Waals surface area contributed by atoms with Crippen LogP contribution in [0.1, 0.15) is 13.8 Å². The zero-order chi connectivity index (χ0) is 10.4. The van der Waals surface area contributed by atoms with E-state index in [2.05, 4.69) is 0 Å². The summed E-state index contributed by atoms with van der Waals surface area (Å²) in [6.07, 6.45) is 0. The lowest BCUT2D eigenvalue weighted by atomic mass is 10.5. The van der Waals surface area contributed by atoms with Crippen molar-refractivity contribution in [3.8, 4) is 0 Å². The molecule has 0 N–H and O–H groups in total. The lowest BCUT2D eigenvalue weighted by Gasteiger charge is -2.13. The van der Waals surface area contributed by atoms with E-state index in [1.165, 1.54) is 4.90 Å². The Morgan fingerprint density at radius 3 is 2.38 bits per heavy atom. The molecule has 1 unspecified atom stereocenters. The maximum atomic E-state index is 11.1. The SMILES string of the molecule is CCOC(=O)C(C)SC(=O)N(C)C. The van der Waals surface area contributed by atoms with Crippen LogP contribution in [-0.2, 0) is 9.53 Å². The van der Waals surface area contributed by atoms with E-state index < -0.39 is 5.25 Å². The van der Waals surface area contributed by atoms with Gasteiger partial charge in [-0.25, -0.2) is 0 Å². The molecule has 0 aliphatic carbocycles. The fourth-order valence-electron chi connectivity index (χ4n) is 0.564. The maximum Gasteiger partial charge on any atom is 0.319 e. The van der Waals surface area contributed by atoms with Gasteiger partial charge in [-0.05, 0) is 25.6 Å². The summed E-state index contributed by atoms with van der Waals surface area (Å²) in [6, 6.07) is 0. The van der Waals surface area contributed by atoms with E-state index in [0.29, 0.717) is 6.61 Å². The first-order chi connectivity index (χ1) is 5.99. The van der Waals surface area contributed by atoms with Crippen molar-refractivity contribution in [2.45, 2.75) is 19.1 Å². The highest BCUT2D eigenvalue weighted by molar-refractivity contribution is 8.14. The molecule has 1 atom stereocenters. The van der Waals surface area contributed by atoms with E-state index in [-0.39, 0.29) is 11.2 Å². The normalized spacial score (nSPS) is 12.0. The molecule has 0 bridgehead atoms. The molecule has 5 heteroatoms. The summed E-state index contributed by atoms with van der Waals surface area (Å²) >= 11 is 0.968. The average Bonchev–Trinajstić information content (AvgIpc) is 2.04. The molecule has 0 aliphatic heterocycles. The van der Waals surface area contributed by atoms with E-state index in [1.807, 2.05) is 0 Å². The zero-order valence-electron chi connectivity index (χ0n) is 8.36. The Hall–Kier alpha value is -0.710. The third kappa shape index (κ3) is 4.77. The van der Waals surface area contributed by atoms with Gasteiger partial charge in [-0.15, -0.1) is 0 Å². The Morgan fingerprint density at radius 2 is 2.00 bits per heavy atom. The van der Waals surface area contributed by atoms with Crippen LogP contribution in [-0.4, -0.2) is 42.1 Å². The number of hydrogen-bond donors (Lipinski definition) is 0. The Labute approximate surface area is 82.6 Å². The summed E-state index contributed by atoms with van der Waals surface area (Å²) < 4.78 is 4.75. The number of rotatable bonds is 3. The number of hydrogen-bond acceptors (Lipinski definition) is 4. The van der Waals surface area contributed by atoms with Crippen LogP contribution in [0.5, 0.6) is 0 Å². The lowest BCUT2D eigenvalue weighted by molar-refractivity contribution is -0.142. The van der Waals surface area contributed by atoms with Crippen molar-refractivity contribution in [2.24, 2.45) is 0 Å². The Bertz CT molecular complexity index is 194. The average molecular weight is 205 g/mol. The molecule has 0 rings (SSSR count). The maximum absolute atomic E-state index is 11.1. The van der Waals surface area contributed by atoms with Gasteiger partial charge in [-0.3, -0.25) is 9.59 Å². The van der Waals surface area contributed by atoms with Crippen LogP contribution in [0.3, 0.4) is 0 Å². The first kappa shape index (κ1) is 12.3. The smallest absolute Gasteiger partial charge is 0.319 e. The minimum absolute atomic E-state index is 0.138. The number of nitrogens with zero attached hydrogens (tertiary/aromatic N) is 1. The first-order valence-corrected chi connectivity index (χ1v) is 4.91. The minimum Gasteiger partial charge on any atom is -0.465 e. The second kappa shape index (κ2) is 5.85. The van der Waals surface area contributed by atoms with Gasteiger partial charge in [0.1, 0.15) is 5.25 Å². The van der Waals surface area contributed by atoms with Crippen LogP contribution < -0.4 is 0 Å². The second-order valence-corrected chi connectivity index (χ2v) is 3.96. The lowest BCUT2D eigenvalue weighted by Crippen LogP contribution is -2.24. The summed E-state index contributed by atoms with van der Waals surface area (Å²) in [5, 5.41) is -0.574. The van der Waals surface area contributed by atoms with Crippen molar-refractivity contribution in [1.82, 2.24) is 4.90 Å². The van der Waals surface area contributed by atoms with Crippen LogP contribution in [0.2, 0.25) is 0 Å². The van der Waals surface area contributed by atoms with E-state index in [0.717, 1.165) is 11.8 Å². The van der Waals surface area contributed by atoms with Crippen molar-refractivity contribution < 1.29 is 14.3 Å². The third-order valence-electron chi connectivity index (χ3n) is 1.26. The van der Waals surface area contributed by atoms with Gasteiger partial charge >= 0.3 is 5.97 Å². The van der Waals surface area contributed by atoms with Gasteiger partial charge in [0.05, 0.1) is 6.61 Å². The van der Waals surface area contributed by atoms with Crippen molar-refractivity contribution in [1.29, 1.82) is 0 Å². The standard InChI is InChI=1S/C8H15NO3S/c1-5-12-7(10)6(2)13-8(11)9(3)4/h6H,5H2,1-4H3. The molecule has 0 saturated carbocycles. The fourth-order valence-corrected chi connectivity index (χ4v) is 1.24. The van der Waals surface area contributed by atoms with Crippen LogP contribution in [0.25, 0.3) is 0 Å². The van der Waals surface area contributed by atoms with Gasteiger partial charge in [0.2, 0.25) is 0 Å². The molecule has 0 aliphatic rings. The minimum atomic E-state index is -0.435. The molecule has 0 aromatic rings. The highest BCUT2D eigenvalue weighted by Gasteiger charge is 2.19. The highest BCUT2D eigenvalue weighted by Crippen LogP contribution is 2.15. The van der Waals surface area contributed by atoms with Gasteiger partial charge in [-0.1, -0.05) is 0 Å². The molecule has 0 heterocycles. The molecule has 0 aromatic carbocycles. The van der Waals surface area contributed by atoms with Crippen molar-refractivity contribution in [3.63, 3.8) is 0 Å². The predicted molar refractivity (Wildman–Crippen MR) is 52.8 cm³/mol. The number of carbonyl (C=O) groups is 2. The predicted octanol–water partition coefficient (Wildman–Crippen LogP) is 1.35. The molecule has 13 heavy (non-hydrogen) atoms. The van der Waals surface area contributed by atoms with Crippen molar-refractivity contribution in [3.05, 3.63) is 0 Å². The zero-order valence-corrected chi connectivity index (χ0v) is 9.18. The topological polar surface area (TPSA) is 46.6 Å². The molecule has 0 fully saturated rings. The van der Waals surface area contributed by atoms with Crippen LogP contribution in [0.15, 0.2) is 0 Å². The fraction of sp³-hybridized carbons (Fsp3) is 0.750. The summed E-state index contributed by atoms with van der Waals surface area (Å²) in [5.41, 5.74) is 0. The van der Waals surface area contributed by atoms with Gasteiger partial charge in [0.25, 0.3) is 5.24 Å². The summed E-state index contributed by atoms with van der Waals surface area (Å²) in [5.74, 6) is -0.345. The molecule has 0 radical (unpaired) electrons. The van der Waals surface area contributed by atoms with E-state index in [9.17, 15) is 9.59 Å². The largest absolute Gasteiger partial charge is 0.465 e.